The zero-order valence-corrected chi connectivity index (χ0v) is 46.9. The molecular formula is C57H61ClF4N12O10. The third kappa shape index (κ3) is 17.1. The van der Waals surface area contributed by atoms with Gasteiger partial charge in [-0.25, -0.2) is 27.5 Å². The first-order chi connectivity index (χ1) is 39.5. The number of ether oxygens (including phenoxy) is 6. The Morgan fingerprint density at radius 3 is 1.45 bits per heavy atom. The molecule has 0 bridgehead atoms. The van der Waals surface area contributed by atoms with E-state index in [0.29, 0.717) is 94.1 Å². The molecule has 0 radical (unpaired) electrons. The molecule has 0 saturated heterocycles. The number of nitrogens with two attached hydrogens (primary N) is 1. The summed E-state index contributed by atoms with van der Waals surface area (Å²) in [5, 5.41) is 9.18. The second-order valence-electron chi connectivity index (χ2n) is 17.9. The fourth-order valence-corrected chi connectivity index (χ4v) is 7.17. The van der Waals surface area contributed by atoms with Crippen LogP contribution in [0.25, 0.3) is 22.1 Å². The number of carbonyl (C=O) groups excluding carboxylic acids is 2. The molecule has 0 aliphatic carbocycles. The van der Waals surface area contributed by atoms with Crippen LogP contribution >= 0.6 is 11.6 Å². The van der Waals surface area contributed by atoms with Crippen LogP contribution in [-0.4, -0.2) is 119 Å². The topological polar surface area (TPSA) is 254 Å². The number of hydrogen-bond donors (Lipinski definition) is 4. The van der Waals surface area contributed by atoms with Gasteiger partial charge in [-0.3, -0.25) is 28.3 Å². The van der Waals surface area contributed by atoms with Crippen LogP contribution in [0.4, 0.5) is 52.2 Å². The second kappa shape index (κ2) is 29.8. The number of pyridine rings is 2. The van der Waals surface area contributed by atoms with E-state index in [4.69, 9.17) is 45.8 Å². The average molecular weight is 1190 g/mol. The number of anilines is 6. The molecule has 1 amide bonds. The van der Waals surface area contributed by atoms with Crippen LogP contribution < -0.4 is 61.2 Å². The largest absolute Gasteiger partial charge is 0.494 e. The van der Waals surface area contributed by atoms with E-state index in [-0.39, 0.29) is 48.0 Å². The molecule has 4 aromatic carbocycles. The standard InChI is InChI=1S/C28H28F2N6O5.C25H26F2N6O4.C3H3ClO.CH4/c1-6-25(37)32-20-13-19(22(39-5)14-23(20)40-10-9-35(2)3)33-28-31-15-16-11-24(27(38)36(4)26(16)34-28)41-21-8-7-17(29)12-18(21)30;1-32(2)7-8-36-20-12-21(35-4)18(11-17(20)28)30-25-29-13-14-9-22(24(34)33(3)23(14)31-25)37-19-6-5-15(26)10-16(19)27;1-2-3(4)5;/h6-8,11-15H,1,9-10H2,2-5H3,(H,32,37)(H,31,33,34);5-6,9-13H,7-8,28H2,1-4H3,(H,29,30,31);2H,1H2;1H4. The molecular weight excluding hydrogens is 1120 g/mol. The van der Waals surface area contributed by atoms with Crippen LogP contribution in [0.3, 0.4) is 0 Å². The minimum Gasteiger partial charge on any atom is -0.494 e. The number of rotatable bonds is 21. The highest BCUT2D eigenvalue weighted by molar-refractivity contribution is 6.66. The van der Waals surface area contributed by atoms with Crippen molar-refractivity contribution in [2.45, 2.75) is 7.43 Å². The van der Waals surface area contributed by atoms with Crippen LogP contribution in [0.2, 0.25) is 0 Å². The van der Waals surface area contributed by atoms with Gasteiger partial charge in [-0.05, 0) is 100 Å². The van der Waals surface area contributed by atoms with Crippen LogP contribution in [0.5, 0.6) is 46.0 Å². The van der Waals surface area contributed by atoms with E-state index in [0.717, 1.165) is 43.0 Å². The van der Waals surface area contributed by atoms with Crippen molar-refractivity contribution in [3.8, 4) is 46.0 Å². The maximum Gasteiger partial charge on any atom is 0.294 e. The molecule has 27 heteroatoms. The van der Waals surface area contributed by atoms with E-state index in [2.05, 4.69) is 49.0 Å². The van der Waals surface area contributed by atoms with Crippen molar-refractivity contribution in [2.24, 2.45) is 14.1 Å². The number of carbonyl (C=O) groups is 2. The molecule has 0 aliphatic rings. The second-order valence-corrected chi connectivity index (χ2v) is 18.3. The van der Waals surface area contributed by atoms with E-state index in [1.165, 1.54) is 62.0 Å². The van der Waals surface area contributed by atoms with E-state index < -0.39 is 45.5 Å². The molecule has 8 aromatic rings. The quantitative estimate of drug-likeness (QED) is 0.0226. The number of allylic oxidation sites excluding steroid dienone is 1. The van der Waals surface area contributed by atoms with Gasteiger partial charge in [0.05, 0.1) is 37.0 Å². The minimum absolute atomic E-state index is 0. The molecule has 0 fully saturated rings. The van der Waals surface area contributed by atoms with Crippen LogP contribution in [0.1, 0.15) is 7.43 Å². The van der Waals surface area contributed by atoms with Crippen molar-refractivity contribution in [1.29, 1.82) is 0 Å². The highest BCUT2D eigenvalue weighted by Gasteiger charge is 2.20. The summed E-state index contributed by atoms with van der Waals surface area (Å²) >= 11 is 4.71. The first-order valence-corrected chi connectivity index (χ1v) is 24.9. The van der Waals surface area contributed by atoms with Gasteiger partial charge < -0.3 is 59.9 Å². The first-order valence-electron chi connectivity index (χ1n) is 24.6. The Hall–Kier alpha value is -9.79. The molecule has 84 heavy (non-hydrogen) atoms. The Labute approximate surface area is 484 Å². The molecule has 0 saturated carbocycles. The summed E-state index contributed by atoms with van der Waals surface area (Å²) in [5.41, 5.74) is 7.20. The number of aryl methyl sites for hydroxylation is 2. The number of nitrogens with one attached hydrogen (secondary N) is 3. The molecule has 444 valence electrons. The number of hydrogen-bond acceptors (Lipinski definition) is 19. The fourth-order valence-electron chi connectivity index (χ4n) is 7.17. The Morgan fingerprint density at radius 1 is 0.619 bits per heavy atom. The number of halogens is 5. The monoisotopic (exact) mass is 1180 g/mol. The lowest BCUT2D eigenvalue weighted by Crippen LogP contribution is -2.20. The van der Waals surface area contributed by atoms with Gasteiger partial charge >= 0.3 is 0 Å². The third-order valence-corrected chi connectivity index (χ3v) is 11.5. The lowest BCUT2D eigenvalue weighted by Gasteiger charge is -2.18. The normalized spacial score (nSPS) is 10.6. The Morgan fingerprint density at radius 2 is 1.05 bits per heavy atom. The molecule has 22 nitrogen and oxygen atoms in total. The summed E-state index contributed by atoms with van der Waals surface area (Å²) < 4.78 is 90.5. The van der Waals surface area contributed by atoms with Gasteiger partial charge in [0.2, 0.25) is 23.0 Å². The van der Waals surface area contributed by atoms with Gasteiger partial charge in [0.1, 0.15) is 59.1 Å². The zero-order valence-electron chi connectivity index (χ0n) is 46.1. The van der Waals surface area contributed by atoms with Crippen molar-refractivity contribution in [3.63, 3.8) is 0 Å². The van der Waals surface area contributed by atoms with Gasteiger partial charge in [0.15, 0.2) is 34.6 Å². The number of nitrogens with zero attached hydrogens (tertiary/aromatic N) is 8. The van der Waals surface area contributed by atoms with Gasteiger partial charge in [-0.1, -0.05) is 20.6 Å². The van der Waals surface area contributed by atoms with E-state index in [1.807, 2.05) is 38.0 Å². The lowest BCUT2D eigenvalue weighted by molar-refractivity contribution is -0.112. The van der Waals surface area contributed by atoms with Crippen molar-refractivity contribution < 1.29 is 55.6 Å². The summed E-state index contributed by atoms with van der Waals surface area (Å²) in [5.74, 6) is -2.78. The predicted octanol–water partition coefficient (Wildman–Crippen LogP) is 9.46. The number of methoxy groups -OCH3 is 2. The van der Waals surface area contributed by atoms with Gasteiger partial charge in [0.25, 0.3) is 11.1 Å². The average Bonchev–Trinajstić information content (AvgIpc) is 1.59. The SMILES string of the molecule is C.C=CC(=O)Cl.C=CC(=O)Nc1cc(Nc2ncc3cc(Oc4ccc(F)cc4F)c(=O)n(C)c3n2)c(OC)cc1OCCN(C)C.COc1cc(OCCN(C)C)c(N)cc1Nc1ncc2cc(Oc3ccc(F)cc3F)c(=O)n(C)c2n1. The number of benzene rings is 4. The molecule has 4 aromatic heterocycles. The van der Waals surface area contributed by atoms with Gasteiger partial charge in [-0.15, -0.1) is 0 Å². The van der Waals surface area contributed by atoms with E-state index in [1.54, 1.807) is 24.3 Å². The van der Waals surface area contributed by atoms with Gasteiger partial charge in [0, 0.05) is 74.6 Å². The first kappa shape index (κ1) is 65.0. The van der Waals surface area contributed by atoms with Crippen molar-refractivity contribution >= 4 is 79.5 Å². The maximum atomic E-state index is 14.1. The third-order valence-electron chi connectivity index (χ3n) is 11.4. The Balaban J connectivity index is 0.000000282. The highest BCUT2D eigenvalue weighted by Crippen LogP contribution is 2.39. The Kier molecular flexibility index (Phi) is 23.1. The number of fused-ring (bicyclic) bond motifs is 2. The van der Waals surface area contributed by atoms with Crippen molar-refractivity contribution in [3.05, 3.63) is 154 Å². The molecule has 0 unspecified atom stereocenters. The fraction of sp³-hybridized carbons (Fsp3) is 0.228. The van der Waals surface area contributed by atoms with Crippen LogP contribution in [-0.2, 0) is 23.7 Å². The number of likely N-dealkylation sites (N-methyl/N-ethyl adjacent to an activating group) is 2. The molecule has 0 aliphatic heterocycles. The summed E-state index contributed by atoms with van der Waals surface area (Å²) in [6, 6.07) is 14.9. The lowest BCUT2D eigenvalue weighted by atomic mass is 10.2. The molecule has 0 atom stereocenters. The predicted molar refractivity (Wildman–Crippen MR) is 314 cm³/mol. The molecule has 0 spiro atoms. The minimum atomic E-state index is -0.949. The number of amides is 1. The number of nitrogen functional groups attached to an aromatic ring is 1. The maximum absolute atomic E-state index is 14.1. The van der Waals surface area contributed by atoms with Gasteiger partial charge in [-0.2, -0.15) is 9.97 Å². The van der Waals surface area contributed by atoms with Crippen LogP contribution in [0.15, 0.2) is 120 Å². The smallest absolute Gasteiger partial charge is 0.294 e. The highest BCUT2D eigenvalue weighted by atomic mass is 35.5. The Bertz CT molecular complexity index is 3830. The number of aromatic nitrogens is 6. The van der Waals surface area contributed by atoms with E-state index in [9.17, 15) is 36.7 Å². The van der Waals surface area contributed by atoms with Crippen LogP contribution in [0, 0.1) is 23.3 Å². The van der Waals surface area contributed by atoms with Crippen molar-refractivity contribution in [1.82, 2.24) is 38.9 Å². The summed E-state index contributed by atoms with van der Waals surface area (Å²) in [7, 11) is 13.7. The molecule has 8 rings (SSSR count). The van der Waals surface area contributed by atoms with E-state index >= 15 is 0 Å². The summed E-state index contributed by atoms with van der Waals surface area (Å²) in [6.45, 7) is 8.75. The molecule has 5 N–H and O–H groups in total. The summed E-state index contributed by atoms with van der Waals surface area (Å²) in [4.78, 5) is 68.8. The zero-order chi connectivity index (χ0) is 60.7. The summed E-state index contributed by atoms with van der Waals surface area (Å²) in [6.07, 6.45) is 5.11. The van der Waals surface area contributed by atoms with Crippen molar-refractivity contribution in [2.75, 3.05) is 90.4 Å². The molecule has 4 heterocycles.